The van der Waals surface area contributed by atoms with Crippen molar-refractivity contribution in [3.8, 4) is 23.1 Å². The predicted octanol–water partition coefficient (Wildman–Crippen LogP) is 3.62. The van der Waals surface area contributed by atoms with Crippen LogP contribution >= 0.6 is 0 Å². The summed E-state index contributed by atoms with van der Waals surface area (Å²) in [4.78, 5) is 8.50. The highest BCUT2D eigenvalue weighted by Gasteiger charge is 2.09. The minimum absolute atomic E-state index is 0.500. The van der Waals surface area contributed by atoms with Crippen molar-refractivity contribution in [2.45, 2.75) is 0 Å². The fraction of sp³-hybridized carbons (Fsp3) is 0.0556. The van der Waals surface area contributed by atoms with Crippen molar-refractivity contribution in [1.82, 2.24) is 19.7 Å². The molecule has 0 fully saturated rings. The Balaban J connectivity index is 1.77. The average molecular weight is 318 g/mol. The van der Waals surface area contributed by atoms with Crippen molar-refractivity contribution in [2.24, 2.45) is 0 Å². The van der Waals surface area contributed by atoms with E-state index < -0.39 is 0 Å². The number of rotatable bonds is 4. The van der Waals surface area contributed by atoms with E-state index in [0.29, 0.717) is 17.4 Å². The van der Waals surface area contributed by atoms with Gasteiger partial charge in [-0.05, 0) is 18.2 Å². The van der Waals surface area contributed by atoms with Crippen molar-refractivity contribution in [2.75, 3.05) is 7.11 Å². The van der Waals surface area contributed by atoms with Crippen molar-refractivity contribution in [1.29, 1.82) is 0 Å². The summed E-state index contributed by atoms with van der Waals surface area (Å²) in [6.07, 6.45) is 5.07. The first-order valence-corrected chi connectivity index (χ1v) is 7.40. The number of aromatic nitrogens is 4. The zero-order valence-corrected chi connectivity index (χ0v) is 13.0. The van der Waals surface area contributed by atoms with E-state index in [1.54, 1.807) is 18.0 Å². The topological polar surface area (TPSA) is 62.1 Å². The minimum Gasteiger partial charge on any atom is -0.497 e. The number of benzene rings is 2. The molecule has 4 aromatic rings. The Kier molecular flexibility index (Phi) is 3.55. The van der Waals surface area contributed by atoms with Crippen LogP contribution in [-0.2, 0) is 0 Å². The van der Waals surface area contributed by atoms with E-state index in [1.807, 2.05) is 54.7 Å². The molecule has 2 aromatic heterocycles. The molecule has 0 atom stereocenters. The monoisotopic (exact) mass is 318 g/mol. The smallest absolute Gasteiger partial charge is 0.230 e. The first-order valence-electron chi connectivity index (χ1n) is 7.40. The van der Waals surface area contributed by atoms with Crippen LogP contribution in [0.3, 0.4) is 0 Å². The summed E-state index contributed by atoms with van der Waals surface area (Å²) in [5.41, 5.74) is 1.67. The SMILES string of the molecule is COc1cc(Oc2ncnc3ccccc23)cc(-n2cccn2)c1. The van der Waals surface area contributed by atoms with Gasteiger partial charge in [-0.2, -0.15) is 5.10 Å². The zero-order valence-electron chi connectivity index (χ0n) is 13.0. The zero-order chi connectivity index (χ0) is 16.4. The van der Waals surface area contributed by atoms with E-state index in [4.69, 9.17) is 9.47 Å². The summed E-state index contributed by atoms with van der Waals surface area (Å²) in [6.45, 7) is 0. The van der Waals surface area contributed by atoms with Crippen LogP contribution in [0.15, 0.2) is 67.3 Å². The van der Waals surface area contributed by atoms with Gasteiger partial charge in [-0.15, -0.1) is 0 Å². The third-order valence-corrected chi connectivity index (χ3v) is 3.59. The van der Waals surface area contributed by atoms with Crippen LogP contribution in [0, 0.1) is 0 Å². The molecule has 0 aliphatic heterocycles. The van der Waals surface area contributed by atoms with Gasteiger partial charge in [-0.25, -0.2) is 14.6 Å². The number of methoxy groups -OCH3 is 1. The Bertz CT molecular complexity index is 978. The lowest BCUT2D eigenvalue weighted by atomic mass is 10.2. The van der Waals surface area contributed by atoms with Gasteiger partial charge in [0.2, 0.25) is 5.88 Å². The molecule has 0 amide bonds. The standard InChI is InChI=1S/C18H14N4O2/c1-23-14-9-13(22-8-4-7-21-22)10-15(11-14)24-18-16-5-2-3-6-17(16)19-12-20-18/h2-12H,1H3. The van der Waals surface area contributed by atoms with Crippen LogP contribution in [0.5, 0.6) is 17.4 Å². The van der Waals surface area contributed by atoms with Crippen LogP contribution in [0.2, 0.25) is 0 Å². The highest BCUT2D eigenvalue weighted by molar-refractivity contribution is 5.83. The second-order valence-electron chi connectivity index (χ2n) is 5.12. The Hall–Kier alpha value is -3.41. The van der Waals surface area contributed by atoms with Gasteiger partial charge in [0, 0.05) is 30.6 Å². The van der Waals surface area contributed by atoms with E-state index in [2.05, 4.69) is 15.1 Å². The van der Waals surface area contributed by atoms with E-state index in [1.165, 1.54) is 6.33 Å². The molecule has 4 rings (SSSR count). The molecule has 118 valence electrons. The quantitative estimate of drug-likeness (QED) is 0.575. The van der Waals surface area contributed by atoms with E-state index in [0.717, 1.165) is 16.6 Å². The number of hydrogen-bond donors (Lipinski definition) is 0. The lowest BCUT2D eigenvalue weighted by molar-refractivity contribution is 0.407. The third-order valence-electron chi connectivity index (χ3n) is 3.59. The van der Waals surface area contributed by atoms with Crippen molar-refractivity contribution >= 4 is 10.9 Å². The molecular formula is C18H14N4O2. The van der Waals surface area contributed by atoms with Crippen molar-refractivity contribution in [3.05, 3.63) is 67.3 Å². The molecular weight excluding hydrogens is 304 g/mol. The summed E-state index contributed by atoms with van der Waals surface area (Å²) in [5.74, 6) is 1.79. The molecule has 0 unspecified atom stereocenters. The van der Waals surface area contributed by atoms with Gasteiger partial charge >= 0.3 is 0 Å². The van der Waals surface area contributed by atoms with Crippen LogP contribution in [0.1, 0.15) is 0 Å². The molecule has 2 heterocycles. The highest BCUT2D eigenvalue weighted by Crippen LogP contribution is 2.30. The Morgan fingerprint density at radius 1 is 0.958 bits per heavy atom. The number of fused-ring (bicyclic) bond motifs is 1. The number of ether oxygens (including phenoxy) is 2. The second-order valence-corrected chi connectivity index (χ2v) is 5.12. The first kappa shape index (κ1) is 14.2. The minimum atomic E-state index is 0.500. The maximum atomic E-state index is 6.00. The van der Waals surface area contributed by atoms with Gasteiger partial charge in [0.05, 0.1) is 23.7 Å². The summed E-state index contributed by atoms with van der Waals surface area (Å²) >= 11 is 0. The lowest BCUT2D eigenvalue weighted by Crippen LogP contribution is -1.97. The summed E-state index contributed by atoms with van der Waals surface area (Å²) in [5, 5.41) is 5.09. The van der Waals surface area contributed by atoms with E-state index in [9.17, 15) is 0 Å². The van der Waals surface area contributed by atoms with Crippen molar-refractivity contribution < 1.29 is 9.47 Å². The Labute approximate surface area is 138 Å². The molecule has 0 aliphatic carbocycles. The third kappa shape index (κ3) is 2.65. The van der Waals surface area contributed by atoms with Gasteiger partial charge in [0.1, 0.15) is 17.8 Å². The van der Waals surface area contributed by atoms with Crippen LogP contribution in [0.25, 0.3) is 16.6 Å². The van der Waals surface area contributed by atoms with Gasteiger partial charge < -0.3 is 9.47 Å². The lowest BCUT2D eigenvalue weighted by Gasteiger charge is -2.11. The molecule has 0 saturated carbocycles. The van der Waals surface area contributed by atoms with Crippen LogP contribution < -0.4 is 9.47 Å². The maximum absolute atomic E-state index is 6.00. The normalized spacial score (nSPS) is 10.7. The molecule has 0 spiro atoms. The van der Waals surface area contributed by atoms with Gasteiger partial charge in [0.25, 0.3) is 0 Å². The molecule has 6 heteroatoms. The van der Waals surface area contributed by atoms with E-state index in [-0.39, 0.29) is 0 Å². The maximum Gasteiger partial charge on any atom is 0.230 e. The summed E-state index contributed by atoms with van der Waals surface area (Å²) in [7, 11) is 1.62. The largest absolute Gasteiger partial charge is 0.497 e. The molecule has 0 saturated heterocycles. The van der Waals surface area contributed by atoms with Gasteiger partial charge in [-0.3, -0.25) is 0 Å². The molecule has 2 aromatic carbocycles. The second kappa shape index (κ2) is 6.00. The molecule has 0 N–H and O–H groups in total. The number of para-hydroxylation sites is 1. The molecule has 0 aliphatic rings. The molecule has 6 nitrogen and oxygen atoms in total. The molecule has 24 heavy (non-hydrogen) atoms. The highest BCUT2D eigenvalue weighted by atomic mass is 16.5. The van der Waals surface area contributed by atoms with Crippen LogP contribution in [-0.4, -0.2) is 26.9 Å². The Morgan fingerprint density at radius 3 is 2.67 bits per heavy atom. The number of nitrogens with zero attached hydrogens (tertiary/aromatic N) is 4. The summed E-state index contributed by atoms with van der Waals surface area (Å²) < 4.78 is 13.1. The Morgan fingerprint density at radius 2 is 1.83 bits per heavy atom. The molecule has 0 radical (unpaired) electrons. The van der Waals surface area contributed by atoms with Crippen molar-refractivity contribution in [3.63, 3.8) is 0 Å². The van der Waals surface area contributed by atoms with Gasteiger partial charge in [0.15, 0.2) is 0 Å². The molecule has 0 bridgehead atoms. The van der Waals surface area contributed by atoms with Gasteiger partial charge in [-0.1, -0.05) is 12.1 Å². The average Bonchev–Trinajstić information content (AvgIpc) is 3.16. The fourth-order valence-electron chi connectivity index (χ4n) is 2.46. The summed E-state index contributed by atoms with van der Waals surface area (Å²) in [6, 6.07) is 15.1. The number of hydrogen-bond acceptors (Lipinski definition) is 5. The predicted molar refractivity (Wildman–Crippen MR) is 89.7 cm³/mol. The van der Waals surface area contributed by atoms with E-state index >= 15 is 0 Å². The fourth-order valence-corrected chi connectivity index (χ4v) is 2.46. The van der Waals surface area contributed by atoms with Crippen LogP contribution in [0.4, 0.5) is 0 Å². The first-order chi connectivity index (χ1) is 11.8.